The average molecular weight is 605 g/mol. The number of hydrogen-bond donors (Lipinski definition) is 1. The van der Waals surface area contributed by atoms with Crippen LogP contribution in [-0.2, 0) is 4.79 Å². The molecule has 1 fully saturated rings. The van der Waals surface area contributed by atoms with Crippen LogP contribution >= 0.6 is 18.5 Å². The van der Waals surface area contributed by atoms with Crippen molar-refractivity contribution in [3.8, 4) is 11.5 Å². The molecular weight excluding hydrogens is 572 g/mol. The van der Waals surface area contributed by atoms with Gasteiger partial charge < -0.3 is 24.0 Å². The number of Topliss-reactive ketones (excluding diaryl/α,β-unsaturated/α-hetero) is 1. The number of aromatic nitrogens is 1. The van der Waals surface area contributed by atoms with Gasteiger partial charge in [-0.05, 0) is 54.2 Å². The van der Waals surface area contributed by atoms with Gasteiger partial charge in [-0.15, -0.1) is 9.24 Å². The monoisotopic (exact) mass is 604 g/mol. The van der Waals surface area contributed by atoms with E-state index in [9.17, 15) is 23.9 Å². The molecule has 1 aliphatic heterocycles. The Bertz CT molecular complexity index is 1450. The Morgan fingerprint density at radius 3 is 2.46 bits per heavy atom. The number of carbonyl (C=O) groups is 2. The number of halogens is 2. The number of aliphatic hydroxyl groups is 1. The molecule has 2 aromatic carbocycles. The molecule has 0 bridgehead atoms. The highest BCUT2D eigenvalue weighted by Crippen LogP contribution is 2.40. The van der Waals surface area contributed by atoms with Crippen LogP contribution < -0.4 is 25.2 Å². The van der Waals surface area contributed by atoms with Gasteiger partial charge in [0, 0.05) is 42.3 Å². The van der Waals surface area contributed by atoms with Crippen molar-refractivity contribution in [1.29, 1.82) is 0 Å². The highest BCUT2D eigenvalue weighted by Gasteiger charge is 2.45. The SMILES string of the molecule is CCC(CO)n1cccc(N2C[C@@H](c3c(F)cc(OC)cc3P)[C@H](CC(=O)c3ccc(OC(F)P)cc3)C2=O)c1=O. The summed E-state index contributed by atoms with van der Waals surface area (Å²) in [5.74, 6) is -2.66. The number of alkyl halides is 1. The van der Waals surface area contributed by atoms with E-state index >= 15 is 4.39 Å². The Hall–Kier alpha value is -3.19. The van der Waals surface area contributed by atoms with E-state index in [1.807, 2.05) is 16.2 Å². The lowest BCUT2D eigenvalue weighted by Crippen LogP contribution is -2.36. The zero-order valence-corrected chi connectivity index (χ0v) is 24.9. The first-order valence-electron chi connectivity index (χ1n) is 13.0. The molecule has 218 valence electrons. The Kier molecular flexibility index (Phi) is 9.90. The van der Waals surface area contributed by atoms with Crippen LogP contribution in [0.1, 0.15) is 47.6 Å². The van der Waals surface area contributed by atoms with E-state index in [0.29, 0.717) is 17.5 Å². The third-order valence-corrected chi connectivity index (χ3v) is 7.95. The molecule has 2 heterocycles. The van der Waals surface area contributed by atoms with Gasteiger partial charge in [-0.3, -0.25) is 14.4 Å². The number of nitrogens with zero attached hydrogens (tertiary/aromatic N) is 2. The van der Waals surface area contributed by atoms with Gasteiger partial charge in [0.05, 0.1) is 25.7 Å². The van der Waals surface area contributed by atoms with Crippen LogP contribution in [0, 0.1) is 11.7 Å². The second kappa shape index (κ2) is 13.2. The smallest absolute Gasteiger partial charge is 0.274 e. The molecule has 1 amide bonds. The van der Waals surface area contributed by atoms with Gasteiger partial charge in [0.15, 0.2) is 5.78 Å². The first-order chi connectivity index (χ1) is 19.6. The summed E-state index contributed by atoms with van der Waals surface area (Å²) >= 11 is 0. The summed E-state index contributed by atoms with van der Waals surface area (Å²) in [5.41, 5.74) is 0.132. The van der Waals surface area contributed by atoms with Crippen LogP contribution in [0.3, 0.4) is 0 Å². The zero-order valence-electron chi connectivity index (χ0n) is 22.6. The van der Waals surface area contributed by atoms with Crippen molar-refractivity contribution in [3.05, 3.63) is 82.0 Å². The van der Waals surface area contributed by atoms with E-state index in [-0.39, 0.29) is 47.9 Å². The van der Waals surface area contributed by atoms with E-state index in [1.165, 1.54) is 53.0 Å². The van der Waals surface area contributed by atoms with Crippen LogP contribution in [0.5, 0.6) is 11.5 Å². The summed E-state index contributed by atoms with van der Waals surface area (Å²) in [7, 11) is 5.74. The molecule has 3 aromatic rings. The lowest BCUT2D eigenvalue weighted by atomic mass is 9.84. The molecule has 1 aliphatic rings. The summed E-state index contributed by atoms with van der Waals surface area (Å²) in [6.07, 6.45) is 0.191. The van der Waals surface area contributed by atoms with Crippen molar-refractivity contribution in [2.45, 2.75) is 37.8 Å². The summed E-state index contributed by atoms with van der Waals surface area (Å²) in [5, 5.41) is 10.2. The fourth-order valence-corrected chi connectivity index (χ4v) is 5.89. The summed E-state index contributed by atoms with van der Waals surface area (Å²) < 4.78 is 40.1. The molecule has 8 nitrogen and oxygen atoms in total. The number of ketones is 1. The Labute approximate surface area is 241 Å². The normalized spacial score (nSPS) is 18.3. The second-order valence-corrected chi connectivity index (χ2v) is 10.9. The van der Waals surface area contributed by atoms with Crippen LogP contribution in [-0.4, -0.2) is 47.7 Å². The Balaban J connectivity index is 1.74. The topological polar surface area (TPSA) is 98.1 Å². The molecule has 4 unspecified atom stereocenters. The number of aliphatic hydroxyl groups excluding tert-OH is 1. The summed E-state index contributed by atoms with van der Waals surface area (Å²) in [6, 6.07) is 11.3. The minimum absolute atomic E-state index is 0.0323. The second-order valence-electron chi connectivity index (χ2n) is 9.75. The van der Waals surface area contributed by atoms with Crippen molar-refractivity contribution in [3.63, 3.8) is 0 Å². The minimum Gasteiger partial charge on any atom is -0.497 e. The Morgan fingerprint density at radius 1 is 1.17 bits per heavy atom. The van der Waals surface area contributed by atoms with Crippen molar-refractivity contribution in [2.75, 3.05) is 25.2 Å². The number of rotatable bonds is 11. The molecule has 0 saturated carbocycles. The van der Waals surface area contributed by atoms with E-state index in [4.69, 9.17) is 9.47 Å². The largest absolute Gasteiger partial charge is 0.497 e. The van der Waals surface area contributed by atoms with Crippen molar-refractivity contribution in [1.82, 2.24) is 4.57 Å². The number of anilines is 1. The molecule has 6 atom stereocenters. The number of pyridine rings is 1. The van der Waals surface area contributed by atoms with Gasteiger partial charge in [-0.2, -0.15) is 4.39 Å². The first kappa shape index (κ1) is 30.8. The number of amides is 1. The maximum atomic E-state index is 15.5. The number of carbonyl (C=O) groups excluding carboxylic acids is 2. The van der Waals surface area contributed by atoms with E-state index in [0.717, 1.165) is 0 Å². The molecule has 1 saturated heterocycles. The third kappa shape index (κ3) is 6.50. The molecule has 0 spiro atoms. The predicted molar refractivity (Wildman–Crippen MR) is 159 cm³/mol. The standard InChI is InChI=1S/C29H32F2N2O6P2/c1-3-17(15-34)32-10-4-5-23(28(32)37)33-14-21(26-22(30)11-19(38-2)12-25(26)40)20(27(33)36)13-24(35)16-6-8-18(9-7-16)39-29(31)41/h4-12,17,20-21,29,34H,3,13-15,40-41H2,1-2H3/t17?,20-,21+,29?/m0/s1. The average Bonchev–Trinajstić information content (AvgIpc) is 3.24. The van der Waals surface area contributed by atoms with Crippen molar-refractivity contribution < 1.29 is 33.0 Å². The van der Waals surface area contributed by atoms with Crippen LogP contribution in [0.25, 0.3) is 0 Å². The minimum atomic E-state index is -1.60. The van der Waals surface area contributed by atoms with Crippen molar-refractivity contribution >= 4 is 41.2 Å². The van der Waals surface area contributed by atoms with Gasteiger partial charge in [0.25, 0.3) is 5.56 Å². The quantitative estimate of drug-likeness (QED) is 0.263. The van der Waals surface area contributed by atoms with Crippen LogP contribution in [0.4, 0.5) is 14.5 Å². The Morgan fingerprint density at radius 2 is 1.88 bits per heavy atom. The molecule has 12 heteroatoms. The van der Waals surface area contributed by atoms with Gasteiger partial charge in [0.1, 0.15) is 23.0 Å². The fraction of sp³-hybridized carbons (Fsp3) is 0.345. The number of hydrogen-bond acceptors (Lipinski definition) is 6. The molecule has 0 aliphatic carbocycles. The fourth-order valence-electron chi connectivity index (χ4n) is 5.22. The van der Waals surface area contributed by atoms with Gasteiger partial charge in [-0.1, -0.05) is 16.2 Å². The highest BCUT2D eigenvalue weighted by molar-refractivity contribution is 7.27. The predicted octanol–water partition coefficient (Wildman–Crippen LogP) is 3.97. The van der Waals surface area contributed by atoms with Gasteiger partial charge in [-0.25, -0.2) is 4.39 Å². The van der Waals surface area contributed by atoms with E-state index < -0.39 is 41.3 Å². The molecule has 0 radical (unpaired) electrons. The highest BCUT2D eigenvalue weighted by atomic mass is 31.0. The first-order valence-corrected chi connectivity index (χ1v) is 14.3. The summed E-state index contributed by atoms with van der Waals surface area (Å²) in [6.45, 7) is 1.55. The van der Waals surface area contributed by atoms with Gasteiger partial charge >= 0.3 is 0 Å². The van der Waals surface area contributed by atoms with Crippen LogP contribution in [0.15, 0.2) is 59.5 Å². The van der Waals surface area contributed by atoms with E-state index in [2.05, 4.69) is 9.24 Å². The maximum absolute atomic E-state index is 15.5. The molecule has 41 heavy (non-hydrogen) atoms. The number of benzene rings is 2. The lowest BCUT2D eigenvalue weighted by Gasteiger charge is -2.21. The maximum Gasteiger partial charge on any atom is 0.274 e. The van der Waals surface area contributed by atoms with Crippen molar-refractivity contribution in [2.24, 2.45) is 5.92 Å². The lowest BCUT2D eigenvalue weighted by molar-refractivity contribution is -0.120. The van der Waals surface area contributed by atoms with Gasteiger partial charge in [0.2, 0.25) is 12.0 Å². The number of methoxy groups -OCH3 is 1. The number of ether oxygens (including phenoxy) is 2. The molecule has 4 rings (SSSR count). The summed E-state index contributed by atoms with van der Waals surface area (Å²) in [4.78, 5) is 42.0. The molecule has 1 N–H and O–H groups in total. The zero-order chi connectivity index (χ0) is 29.8. The van der Waals surface area contributed by atoms with Crippen LogP contribution in [0.2, 0.25) is 0 Å². The third-order valence-electron chi connectivity index (χ3n) is 7.34. The molecular formula is C29H32F2N2O6P2. The molecule has 1 aromatic heterocycles. The van der Waals surface area contributed by atoms with E-state index in [1.54, 1.807) is 18.3 Å².